The third-order valence-electron chi connectivity index (χ3n) is 4.68. The van der Waals surface area contributed by atoms with Crippen molar-refractivity contribution in [1.82, 2.24) is 10.2 Å². The van der Waals surface area contributed by atoms with Crippen molar-refractivity contribution in [3.63, 3.8) is 0 Å². The summed E-state index contributed by atoms with van der Waals surface area (Å²) in [4.78, 5) is 0. The second kappa shape index (κ2) is 4.97. The molecule has 4 heteroatoms. The van der Waals surface area contributed by atoms with Crippen molar-refractivity contribution >= 4 is 23.2 Å². The maximum absolute atomic E-state index is 6.21. The lowest BCUT2D eigenvalue weighted by Crippen LogP contribution is -2.31. The van der Waals surface area contributed by atoms with E-state index in [2.05, 4.69) is 17.1 Å². The second-order valence-electron chi connectivity index (χ2n) is 6.04. The molecule has 2 nitrogen and oxygen atoms in total. The van der Waals surface area contributed by atoms with E-state index >= 15 is 0 Å². The number of rotatable bonds is 1. The van der Waals surface area contributed by atoms with Crippen LogP contribution in [0.25, 0.3) is 0 Å². The van der Waals surface area contributed by atoms with Crippen molar-refractivity contribution in [3.05, 3.63) is 21.9 Å². The maximum atomic E-state index is 6.21. The Kier molecular flexibility index (Phi) is 3.50. The van der Waals surface area contributed by atoms with Crippen LogP contribution < -0.4 is 0 Å². The molecule has 18 heavy (non-hydrogen) atoms. The van der Waals surface area contributed by atoms with Gasteiger partial charge in [-0.05, 0) is 67.4 Å². The van der Waals surface area contributed by atoms with E-state index in [1.807, 2.05) is 6.07 Å². The standard InChI is InChI=1S/C14H18Cl2N2/c1-8-4-9-2-3-11(10(5-8)6-9)12-7-13(15)17-18-14(12)16/h7-11H,2-6H2,1H3. The number of aromatic nitrogens is 2. The summed E-state index contributed by atoms with van der Waals surface area (Å²) in [5.74, 6) is 3.06. The molecule has 0 saturated heterocycles. The van der Waals surface area contributed by atoms with Crippen LogP contribution in [0.5, 0.6) is 0 Å². The lowest BCUT2D eigenvalue weighted by Gasteiger charge is -2.43. The predicted molar refractivity (Wildman–Crippen MR) is 74.0 cm³/mol. The molecule has 2 aliphatic rings. The van der Waals surface area contributed by atoms with Crippen LogP contribution in [0.3, 0.4) is 0 Å². The van der Waals surface area contributed by atoms with Gasteiger partial charge in [0.25, 0.3) is 0 Å². The van der Waals surface area contributed by atoms with E-state index in [1.54, 1.807) is 0 Å². The number of halogens is 2. The second-order valence-corrected chi connectivity index (χ2v) is 6.78. The Labute approximate surface area is 118 Å². The Balaban J connectivity index is 1.89. The molecule has 4 unspecified atom stereocenters. The highest BCUT2D eigenvalue weighted by Crippen LogP contribution is 2.50. The van der Waals surface area contributed by atoms with Crippen LogP contribution in [0.4, 0.5) is 0 Å². The monoisotopic (exact) mass is 284 g/mol. The van der Waals surface area contributed by atoms with Crippen LogP contribution in [0, 0.1) is 17.8 Å². The lowest BCUT2D eigenvalue weighted by atomic mass is 9.62. The average Bonchev–Trinajstić information content (AvgIpc) is 2.32. The molecule has 0 N–H and O–H groups in total. The zero-order valence-electron chi connectivity index (χ0n) is 10.6. The van der Waals surface area contributed by atoms with E-state index < -0.39 is 0 Å². The molecule has 0 amide bonds. The van der Waals surface area contributed by atoms with E-state index in [4.69, 9.17) is 23.2 Å². The molecular formula is C14H18Cl2N2. The predicted octanol–water partition coefficient (Wildman–Crippen LogP) is 4.71. The molecule has 0 spiro atoms. The number of hydrogen-bond acceptors (Lipinski definition) is 2. The van der Waals surface area contributed by atoms with E-state index in [0.717, 1.165) is 23.3 Å². The van der Waals surface area contributed by atoms with Gasteiger partial charge in [-0.1, -0.05) is 30.1 Å². The Morgan fingerprint density at radius 3 is 2.78 bits per heavy atom. The first-order valence-electron chi connectivity index (χ1n) is 6.82. The number of hydrogen-bond donors (Lipinski definition) is 0. The summed E-state index contributed by atoms with van der Waals surface area (Å²) in [5, 5.41) is 8.78. The molecule has 2 bridgehead atoms. The minimum Gasteiger partial charge on any atom is -0.137 e. The summed E-state index contributed by atoms with van der Waals surface area (Å²) in [5.41, 5.74) is 1.12. The van der Waals surface area contributed by atoms with Crippen LogP contribution in [0.15, 0.2) is 6.07 Å². The maximum Gasteiger partial charge on any atom is 0.155 e. The largest absolute Gasteiger partial charge is 0.155 e. The van der Waals surface area contributed by atoms with Crippen LogP contribution in [0.1, 0.15) is 50.5 Å². The van der Waals surface area contributed by atoms with E-state index in [9.17, 15) is 0 Å². The molecule has 4 atom stereocenters. The Bertz CT molecular complexity index is 447. The molecule has 0 aromatic carbocycles. The molecule has 1 aromatic heterocycles. The van der Waals surface area contributed by atoms with Gasteiger partial charge in [0.05, 0.1) is 0 Å². The fraction of sp³-hybridized carbons (Fsp3) is 0.714. The SMILES string of the molecule is CC1CC2CCC(c3cc(Cl)nnc3Cl)C(C1)C2. The van der Waals surface area contributed by atoms with Gasteiger partial charge in [0.1, 0.15) is 0 Å². The van der Waals surface area contributed by atoms with Crippen LogP contribution in [0.2, 0.25) is 10.3 Å². The summed E-state index contributed by atoms with van der Waals surface area (Å²) < 4.78 is 0. The van der Waals surface area contributed by atoms with Gasteiger partial charge in [0.15, 0.2) is 10.3 Å². The quantitative estimate of drug-likeness (QED) is 0.746. The molecular weight excluding hydrogens is 267 g/mol. The van der Waals surface area contributed by atoms with Crippen LogP contribution >= 0.6 is 23.2 Å². The molecule has 1 aromatic rings. The zero-order chi connectivity index (χ0) is 12.7. The summed E-state index contributed by atoms with van der Waals surface area (Å²) in [6.45, 7) is 2.38. The Hall–Kier alpha value is -0.340. The van der Waals surface area contributed by atoms with Crippen molar-refractivity contribution in [2.45, 2.75) is 44.9 Å². The minimum absolute atomic E-state index is 0.459. The summed E-state index contributed by atoms with van der Waals surface area (Å²) in [6, 6.07) is 1.92. The molecule has 2 fully saturated rings. The highest BCUT2D eigenvalue weighted by Gasteiger charge is 2.37. The smallest absolute Gasteiger partial charge is 0.137 e. The first-order valence-corrected chi connectivity index (χ1v) is 7.57. The lowest BCUT2D eigenvalue weighted by molar-refractivity contribution is 0.124. The molecule has 0 aliphatic heterocycles. The minimum atomic E-state index is 0.459. The molecule has 1 heterocycles. The van der Waals surface area contributed by atoms with Gasteiger partial charge < -0.3 is 0 Å². The highest BCUT2D eigenvalue weighted by atomic mass is 35.5. The first-order chi connectivity index (χ1) is 8.63. The third kappa shape index (κ3) is 2.37. The molecule has 0 radical (unpaired) electrons. The van der Waals surface area contributed by atoms with Gasteiger partial charge in [-0.3, -0.25) is 0 Å². The van der Waals surface area contributed by atoms with Gasteiger partial charge in [0.2, 0.25) is 0 Å². The van der Waals surface area contributed by atoms with Crippen LogP contribution in [-0.2, 0) is 0 Å². The Morgan fingerprint density at radius 2 is 1.94 bits per heavy atom. The average molecular weight is 285 g/mol. The fourth-order valence-electron chi connectivity index (χ4n) is 4.05. The highest BCUT2D eigenvalue weighted by molar-refractivity contribution is 6.31. The fourth-order valence-corrected chi connectivity index (χ4v) is 4.44. The summed E-state index contributed by atoms with van der Waals surface area (Å²) in [6.07, 6.45) is 6.63. The molecule has 2 aliphatic carbocycles. The van der Waals surface area contributed by atoms with E-state index in [1.165, 1.54) is 32.1 Å². The van der Waals surface area contributed by atoms with Crippen molar-refractivity contribution in [3.8, 4) is 0 Å². The zero-order valence-corrected chi connectivity index (χ0v) is 12.1. The van der Waals surface area contributed by atoms with Crippen molar-refractivity contribution in [2.24, 2.45) is 17.8 Å². The number of fused-ring (bicyclic) bond motifs is 2. The van der Waals surface area contributed by atoms with Crippen molar-refractivity contribution in [1.29, 1.82) is 0 Å². The summed E-state index contributed by atoms with van der Waals surface area (Å²) >= 11 is 12.2. The van der Waals surface area contributed by atoms with Gasteiger partial charge in [0, 0.05) is 0 Å². The van der Waals surface area contributed by atoms with Crippen LogP contribution in [-0.4, -0.2) is 10.2 Å². The van der Waals surface area contributed by atoms with E-state index in [-0.39, 0.29) is 0 Å². The third-order valence-corrected chi connectivity index (χ3v) is 5.16. The Morgan fingerprint density at radius 1 is 1.11 bits per heavy atom. The molecule has 2 saturated carbocycles. The number of nitrogens with zero attached hydrogens (tertiary/aromatic N) is 2. The normalized spacial score (nSPS) is 35.5. The van der Waals surface area contributed by atoms with Gasteiger partial charge >= 0.3 is 0 Å². The van der Waals surface area contributed by atoms with Gasteiger partial charge in [-0.2, -0.15) is 0 Å². The van der Waals surface area contributed by atoms with Crippen molar-refractivity contribution < 1.29 is 0 Å². The van der Waals surface area contributed by atoms with Gasteiger partial charge in [-0.15, -0.1) is 10.2 Å². The first kappa shape index (κ1) is 12.7. The van der Waals surface area contributed by atoms with Gasteiger partial charge in [-0.25, -0.2) is 0 Å². The topological polar surface area (TPSA) is 25.8 Å². The summed E-state index contributed by atoms with van der Waals surface area (Å²) in [7, 11) is 0. The van der Waals surface area contributed by atoms with Crippen molar-refractivity contribution in [2.75, 3.05) is 0 Å². The van der Waals surface area contributed by atoms with E-state index in [0.29, 0.717) is 16.2 Å². The molecule has 3 rings (SSSR count). The molecule has 98 valence electrons.